The maximum absolute atomic E-state index is 12.8. The summed E-state index contributed by atoms with van der Waals surface area (Å²) in [4.78, 5) is 31.3. The predicted octanol–water partition coefficient (Wildman–Crippen LogP) is 1.91. The van der Waals surface area contributed by atoms with E-state index in [1.54, 1.807) is 0 Å². The Morgan fingerprint density at radius 3 is 2.83 bits per heavy atom. The molecule has 1 aliphatic rings. The van der Waals surface area contributed by atoms with Gasteiger partial charge in [0, 0.05) is 26.2 Å². The van der Waals surface area contributed by atoms with Crippen molar-refractivity contribution in [3.05, 3.63) is 15.6 Å². The first-order valence-corrected chi connectivity index (χ1v) is 8.85. The fourth-order valence-electron chi connectivity index (χ4n) is 2.99. The van der Waals surface area contributed by atoms with Crippen LogP contribution in [0, 0.1) is 13.8 Å². The highest BCUT2D eigenvalue weighted by Crippen LogP contribution is 2.25. The van der Waals surface area contributed by atoms with Crippen molar-refractivity contribution in [3.63, 3.8) is 0 Å². The SMILES string of the molecule is COCC(=O)NCCC1CCCCN1C(=O)c1sc(C)nc1C. The zero-order chi connectivity index (χ0) is 16.8. The van der Waals surface area contributed by atoms with Crippen molar-refractivity contribution >= 4 is 23.2 Å². The van der Waals surface area contributed by atoms with E-state index in [1.807, 2.05) is 18.7 Å². The van der Waals surface area contributed by atoms with Crippen LogP contribution in [-0.4, -0.2) is 54.5 Å². The van der Waals surface area contributed by atoms with Crippen LogP contribution in [0.1, 0.15) is 46.1 Å². The van der Waals surface area contributed by atoms with Crippen LogP contribution < -0.4 is 5.32 Å². The van der Waals surface area contributed by atoms with Crippen LogP contribution in [0.4, 0.5) is 0 Å². The standard InChI is InChI=1S/C16H25N3O3S/c1-11-15(23-12(2)18-11)16(21)19-9-5-4-6-13(19)7-8-17-14(20)10-22-3/h13H,4-10H2,1-3H3,(H,17,20). The molecule has 1 N–H and O–H groups in total. The Morgan fingerprint density at radius 1 is 1.39 bits per heavy atom. The molecule has 1 unspecified atom stereocenters. The van der Waals surface area contributed by atoms with Crippen molar-refractivity contribution in [2.45, 2.75) is 45.6 Å². The molecule has 23 heavy (non-hydrogen) atoms. The average Bonchev–Trinajstić information content (AvgIpc) is 2.86. The highest BCUT2D eigenvalue weighted by atomic mass is 32.1. The number of carbonyl (C=O) groups is 2. The first-order valence-electron chi connectivity index (χ1n) is 8.03. The summed E-state index contributed by atoms with van der Waals surface area (Å²) < 4.78 is 4.80. The first kappa shape index (κ1) is 17.9. The zero-order valence-corrected chi connectivity index (χ0v) is 14.9. The summed E-state index contributed by atoms with van der Waals surface area (Å²) in [5.74, 6) is -0.0314. The molecule has 1 aromatic rings. The number of methoxy groups -OCH3 is 1. The van der Waals surface area contributed by atoms with Gasteiger partial charge in [-0.05, 0) is 39.5 Å². The van der Waals surface area contributed by atoms with Crippen LogP contribution >= 0.6 is 11.3 Å². The fraction of sp³-hybridized carbons (Fsp3) is 0.688. The molecule has 0 bridgehead atoms. The minimum Gasteiger partial charge on any atom is -0.375 e. The number of ether oxygens (including phenoxy) is 1. The molecule has 2 rings (SSSR count). The van der Waals surface area contributed by atoms with Crippen LogP contribution in [0.3, 0.4) is 0 Å². The van der Waals surface area contributed by atoms with Gasteiger partial charge in [-0.15, -0.1) is 11.3 Å². The molecular formula is C16H25N3O3S. The molecule has 0 radical (unpaired) electrons. The van der Waals surface area contributed by atoms with Crippen molar-refractivity contribution in [2.24, 2.45) is 0 Å². The topological polar surface area (TPSA) is 71.5 Å². The molecule has 0 aliphatic carbocycles. The van der Waals surface area contributed by atoms with Crippen LogP contribution in [0.25, 0.3) is 0 Å². The predicted molar refractivity (Wildman–Crippen MR) is 89.8 cm³/mol. The summed E-state index contributed by atoms with van der Waals surface area (Å²) in [6.07, 6.45) is 3.93. The van der Waals surface area contributed by atoms with Crippen LogP contribution in [0.2, 0.25) is 0 Å². The summed E-state index contributed by atoms with van der Waals surface area (Å²) in [7, 11) is 1.50. The fourth-order valence-corrected chi connectivity index (χ4v) is 3.86. The number of piperidine rings is 1. The van der Waals surface area contributed by atoms with Crippen LogP contribution in [0.15, 0.2) is 0 Å². The minimum absolute atomic E-state index is 0.0760. The van der Waals surface area contributed by atoms with Gasteiger partial charge in [0.2, 0.25) is 5.91 Å². The van der Waals surface area contributed by atoms with Gasteiger partial charge in [0.1, 0.15) is 11.5 Å². The lowest BCUT2D eigenvalue weighted by atomic mass is 9.99. The second kappa shape index (κ2) is 8.40. The van der Waals surface area contributed by atoms with E-state index in [-0.39, 0.29) is 24.5 Å². The highest BCUT2D eigenvalue weighted by molar-refractivity contribution is 7.13. The van der Waals surface area contributed by atoms with Gasteiger partial charge in [0.05, 0.1) is 10.7 Å². The zero-order valence-electron chi connectivity index (χ0n) is 14.1. The number of likely N-dealkylation sites (tertiary alicyclic amines) is 1. The molecule has 7 heteroatoms. The molecule has 2 heterocycles. The minimum atomic E-state index is -0.116. The third-order valence-electron chi connectivity index (χ3n) is 4.06. The van der Waals surface area contributed by atoms with Gasteiger partial charge in [-0.25, -0.2) is 4.98 Å². The van der Waals surface area contributed by atoms with Crippen molar-refractivity contribution in [1.29, 1.82) is 0 Å². The lowest BCUT2D eigenvalue weighted by molar-refractivity contribution is -0.124. The Bertz CT molecular complexity index is 559. The molecular weight excluding hydrogens is 314 g/mol. The summed E-state index contributed by atoms with van der Waals surface area (Å²) in [6.45, 7) is 5.24. The van der Waals surface area contributed by atoms with Gasteiger partial charge in [0.15, 0.2) is 0 Å². The van der Waals surface area contributed by atoms with E-state index in [2.05, 4.69) is 10.3 Å². The molecule has 1 fully saturated rings. The summed E-state index contributed by atoms with van der Waals surface area (Å²) in [5, 5.41) is 3.76. The number of rotatable bonds is 6. The largest absolute Gasteiger partial charge is 0.375 e. The summed E-state index contributed by atoms with van der Waals surface area (Å²) in [6, 6.07) is 0.181. The number of nitrogens with one attached hydrogen (secondary N) is 1. The van der Waals surface area contributed by atoms with Gasteiger partial charge in [0.25, 0.3) is 5.91 Å². The number of thiazole rings is 1. The number of aryl methyl sites for hydroxylation is 2. The maximum atomic E-state index is 12.8. The van der Waals surface area contributed by atoms with Crippen LogP contribution in [-0.2, 0) is 9.53 Å². The van der Waals surface area contributed by atoms with Gasteiger partial charge in [-0.1, -0.05) is 0 Å². The Kier molecular flexibility index (Phi) is 6.53. The van der Waals surface area contributed by atoms with Gasteiger partial charge < -0.3 is 15.0 Å². The molecule has 1 saturated heterocycles. The second-order valence-corrected chi connectivity index (χ2v) is 7.07. The molecule has 0 saturated carbocycles. The van der Waals surface area contributed by atoms with Crippen molar-refractivity contribution in [2.75, 3.05) is 26.8 Å². The quantitative estimate of drug-likeness (QED) is 0.859. The molecule has 0 spiro atoms. The molecule has 1 aliphatic heterocycles. The number of hydrogen-bond donors (Lipinski definition) is 1. The van der Waals surface area contributed by atoms with E-state index in [0.29, 0.717) is 6.54 Å². The highest BCUT2D eigenvalue weighted by Gasteiger charge is 2.29. The Balaban J connectivity index is 1.96. The van der Waals surface area contributed by atoms with Crippen molar-refractivity contribution in [3.8, 4) is 0 Å². The molecule has 2 amide bonds. The van der Waals surface area contributed by atoms with E-state index in [0.717, 1.165) is 47.8 Å². The molecule has 0 aromatic carbocycles. The van der Waals surface area contributed by atoms with E-state index in [9.17, 15) is 9.59 Å². The maximum Gasteiger partial charge on any atom is 0.266 e. The Hall–Kier alpha value is -1.47. The number of hydrogen-bond acceptors (Lipinski definition) is 5. The van der Waals surface area contributed by atoms with Crippen molar-refractivity contribution in [1.82, 2.24) is 15.2 Å². The lowest BCUT2D eigenvalue weighted by Gasteiger charge is -2.35. The third-order valence-corrected chi connectivity index (χ3v) is 5.12. The first-order chi connectivity index (χ1) is 11.0. The number of carbonyl (C=O) groups excluding carboxylic acids is 2. The third kappa shape index (κ3) is 4.75. The smallest absolute Gasteiger partial charge is 0.266 e. The molecule has 1 aromatic heterocycles. The lowest BCUT2D eigenvalue weighted by Crippen LogP contribution is -2.45. The number of nitrogens with zero attached hydrogens (tertiary/aromatic N) is 2. The van der Waals surface area contributed by atoms with E-state index in [4.69, 9.17) is 4.74 Å². The number of aromatic nitrogens is 1. The summed E-state index contributed by atoms with van der Waals surface area (Å²) >= 11 is 1.46. The van der Waals surface area contributed by atoms with Crippen molar-refractivity contribution < 1.29 is 14.3 Å². The molecule has 1 atom stereocenters. The van der Waals surface area contributed by atoms with E-state index >= 15 is 0 Å². The Labute approximate surface area is 141 Å². The number of amides is 2. The van der Waals surface area contributed by atoms with Gasteiger partial charge >= 0.3 is 0 Å². The normalized spacial score (nSPS) is 18.0. The second-order valence-electron chi connectivity index (χ2n) is 5.87. The van der Waals surface area contributed by atoms with Gasteiger partial charge in [-0.3, -0.25) is 9.59 Å². The molecule has 6 nitrogen and oxygen atoms in total. The Morgan fingerprint density at radius 2 is 2.17 bits per heavy atom. The van der Waals surface area contributed by atoms with Gasteiger partial charge in [-0.2, -0.15) is 0 Å². The monoisotopic (exact) mass is 339 g/mol. The van der Waals surface area contributed by atoms with E-state index in [1.165, 1.54) is 18.4 Å². The van der Waals surface area contributed by atoms with Crippen LogP contribution in [0.5, 0.6) is 0 Å². The molecule has 128 valence electrons. The summed E-state index contributed by atoms with van der Waals surface area (Å²) in [5.41, 5.74) is 0.815. The van der Waals surface area contributed by atoms with E-state index < -0.39 is 0 Å². The average molecular weight is 339 g/mol.